The highest BCUT2D eigenvalue weighted by Gasteiger charge is 2.09. The number of rotatable bonds is 3. The molecule has 0 amide bonds. The Labute approximate surface area is 148 Å². The molecule has 0 spiro atoms. The van der Waals surface area contributed by atoms with Crippen LogP contribution in [0.25, 0.3) is 0 Å². The second-order valence-corrected chi connectivity index (χ2v) is 6.49. The molecule has 1 heterocycles. The molecule has 0 bridgehead atoms. The van der Waals surface area contributed by atoms with Crippen LogP contribution in [0.1, 0.15) is 4.88 Å². The number of ether oxygens (including phenoxy) is 1. The van der Waals surface area contributed by atoms with Crippen LogP contribution in [0, 0.1) is 18.2 Å². The Morgan fingerprint density at radius 1 is 1.20 bits per heavy atom. The minimum absolute atomic E-state index is 0.299. The lowest BCUT2D eigenvalue weighted by Gasteiger charge is -2.11. The summed E-state index contributed by atoms with van der Waals surface area (Å²) in [6.07, 6.45) is 0. The molecular weight excluding hydrogens is 339 g/mol. The highest BCUT2D eigenvalue weighted by Crippen LogP contribution is 2.21. The summed E-state index contributed by atoms with van der Waals surface area (Å²) in [6, 6.07) is 15.2. The van der Waals surface area contributed by atoms with Crippen molar-refractivity contribution < 1.29 is 9.13 Å². The molecule has 3 rings (SSSR count). The van der Waals surface area contributed by atoms with Crippen LogP contribution >= 0.6 is 11.5 Å². The zero-order valence-corrected chi connectivity index (χ0v) is 14.6. The van der Waals surface area contributed by atoms with Crippen molar-refractivity contribution in [1.29, 1.82) is 5.41 Å². The number of aromatic nitrogens is 1. The third kappa shape index (κ3) is 4.13. The summed E-state index contributed by atoms with van der Waals surface area (Å²) in [4.78, 5) is 5.57. The molecule has 0 radical (unpaired) electrons. The van der Waals surface area contributed by atoms with Crippen molar-refractivity contribution in [2.45, 2.75) is 6.92 Å². The van der Waals surface area contributed by atoms with Gasteiger partial charge in [0.15, 0.2) is 0 Å². The zero-order chi connectivity index (χ0) is 17.8. The fourth-order valence-electron chi connectivity index (χ4n) is 2.25. The van der Waals surface area contributed by atoms with Gasteiger partial charge in [0.25, 0.3) is 0 Å². The van der Waals surface area contributed by atoms with E-state index in [4.69, 9.17) is 10.1 Å². The number of hydrogen-bond acceptors (Lipinski definition) is 4. The van der Waals surface area contributed by atoms with Gasteiger partial charge in [-0.3, -0.25) is 5.41 Å². The molecule has 1 aromatic heterocycles. The maximum absolute atomic E-state index is 13.5. The van der Waals surface area contributed by atoms with Gasteiger partial charge in [0.1, 0.15) is 17.1 Å². The lowest BCUT2D eigenvalue weighted by atomic mass is 10.3. The highest BCUT2D eigenvalue weighted by molar-refractivity contribution is 7.07. The van der Waals surface area contributed by atoms with Crippen LogP contribution in [-0.2, 0) is 0 Å². The third-order valence-corrected chi connectivity index (χ3v) is 4.31. The summed E-state index contributed by atoms with van der Waals surface area (Å²) in [5, 5.41) is 11.2. The number of anilines is 1. The number of aryl methyl sites for hydroxylation is 1. The van der Waals surface area contributed by atoms with Crippen molar-refractivity contribution in [2.24, 2.45) is 4.99 Å². The van der Waals surface area contributed by atoms with Crippen LogP contribution in [-0.4, -0.2) is 17.0 Å². The predicted octanol–water partition coefficient (Wildman–Crippen LogP) is 4.13. The molecule has 0 aliphatic rings. The zero-order valence-electron chi connectivity index (χ0n) is 13.8. The summed E-state index contributed by atoms with van der Waals surface area (Å²) in [6.45, 7) is 1.92. The molecular formula is C18H17FN4OS. The molecule has 5 nitrogen and oxygen atoms in total. The first-order chi connectivity index (χ1) is 12.0. The summed E-state index contributed by atoms with van der Waals surface area (Å²) in [7, 11) is 1.59. The number of nitrogens with one attached hydrogen (secondary N) is 2. The van der Waals surface area contributed by atoms with Gasteiger partial charge < -0.3 is 10.1 Å². The lowest BCUT2D eigenvalue weighted by molar-refractivity contribution is 0.415. The number of halogens is 1. The number of hydrogen-bond donors (Lipinski definition) is 2. The van der Waals surface area contributed by atoms with Crippen molar-refractivity contribution in [3.05, 3.63) is 70.8 Å². The monoisotopic (exact) mass is 356 g/mol. The number of nitrogens with zero attached hydrogens (tertiary/aromatic N) is 2. The Hall–Kier alpha value is -2.93. The van der Waals surface area contributed by atoms with Crippen molar-refractivity contribution in [2.75, 3.05) is 12.4 Å². The maximum atomic E-state index is 13.5. The molecule has 128 valence electrons. The summed E-state index contributed by atoms with van der Waals surface area (Å²) < 4.78 is 20.4. The van der Waals surface area contributed by atoms with E-state index in [0.717, 1.165) is 4.88 Å². The van der Waals surface area contributed by atoms with Crippen LogP contribution in [0.15, 0.2) is 59.6 Å². The lowest BCUT2D eigenvalue weighted by Crippen LogP contribution is -2.28. The van der Waals surface area contributed by atoms with E-state index in [2.05, 4.69) is 10.3 Å². The van der Waals surface area contributed by atoms with E-state index in [1.807, 2.05) is 25.1 Å². The Kier molecular flexibility index (Phi) is 4.95. The van der Waals surface area contributed by atoms with Gasteiger partial charge in [-0.05, 0) is 43.3 Å². The molecule has 0 saturated heterocycles. The predicted molar refractivity (Wildman–Crippen MR) is 98.4 cm³/mol. The summed E-state index contributed by atoms with van der Waals surface area (Å²) in [5.41, 5.74) is 1.52. The molecule has 0 saturated carbocycles. The van der Waals surface area contributed by atoms with Gasteiger partial charge in [0.05, 0.1) is 12.8 Å². The first kappa shape index (κ1) is 16.9. The van der Waals surface area contributed by atoms with E-state index < -0.39 is 0 Å². The van der Waals surface area contributed by atoms with E-state index in [1.165, 1.54) is 23.7 Å². The average molecular weight is 356 g/mol. The Morgan fingerprint density at radius 3 is 2.68 bits per heavy atom. The van der Waals surface area contributed by atoms with Gasteiger partial charge in [0, 0.05) is 16.6 Å². The maximum Gasteiger partial charge on any atom is 0.223 e. The molecule has 0 aliphatic carbocycles. The number of methoxy groups -OCH3 is 1. The van der Waals surface area contributed by atoms with Gasteiger partial charge >= 0.3 is 0 Å². The van der Waals surface area contributed by atoms with Crippen molar-refractivity contribution in [3.63, 3.8) is 0 Å². The summed E-state index contributed by atoms with van der Waals surface area (Å²) >= 11 is 1.39. The highest BCUT2D eigenvalue weighted by atomic mass is 32.1. The normalized spacial score (nSPS) is 11.4. The van der Waals surface area contributed by atoms with Crippen LogP contribution in [0.4, 0.5) is 15.8 Å². The van der Waals surface area contributed by atoms with E-state index in [1.54, 1.807) is 35.3 Å². The minimum atomic E-state index is -0.343. The number of aliphatic imine (C=N–C) groups is 1. The molecule has 25 heavy (non-hydrogen) atoms. The average Bonchev–Trinajstić information content (AvgIpc) is 2.93. The fraction of sp³-hybridized carbons (Fsp3) is 0.111. The molecule has 0 aliphatic heterocycles. The van der Waals surface area contributed by atoms with E-state index in [-0.39, 0.29) is 5.82 Å². The second-order valence-electron chi connectivity index (χ2n) is 5.30. The molecule has 0 fully saturated rings. The van der Waals surface area contributed by atoms with Crippen LogP contribution in [0.2, 0.25) is 0 Å². The van der Waals surface area contributed by atoms with Crippen molar-refractivity contribution in [1.82, 2.24) is 3.96 Å². The van der Waals surface area contributed by atoms with Crippen molar-refractivity contribution >= 4 is 28.9 Å². The largest absolute Gasteiger partial charge is 0.497 e. The van der Waals surface area contributed by atoms with E-state index in [9.17, 15) is 4.39 Å². The van der Waals surface area contributed by atoms with Crippen LogP contribution in [0.3, 0.4) is 0 Å². The van der Waals surface area contributed by atoms with Crippen LogP contribution in [0.5, 0.6) is 5.75 Å². The second kappa shape index (κ2) is 7.31. The van der Waals surface area contributed by atoms with Gasteiger partial charge in [-0.2, -0.15) is 0 Å². The molecule has 2 aromatic carbocycles. The molecule has 0 atom stereocenters. The third-order valence-electron chi connectivity index (χ3n) is 3.36. The first-order valence-electron chi connectivity index (χ1n) is 7.55. The quantitative estimate of drug-likeness (QED) is 0.547. The van der Waals surface area contributed by atoms with E-state index >= 15 is 0 Å². The van der Waals surface area contributed by atoms with Gasteiger partial charge in [-0.1, -0.05) is 23.7 Å². The van der Waals surface area contributed by atoms with Gasteiger partial charge in [-0.15, -0.1) is 0 Å². The van der Waals surface area contributed by atoms with Gasteiger partial charge in [0.2, 0.25) is 5.96 Å². The number of benzene rings is 2. The minimum Gasteiger partial charge on any atom is -0.497 e. The Balaban J connectivity index is 2.06. The standard InChI is InChI=1S/C18H17FN4OS/c1-12-9-17(20)23(25-12)18(21-14-6-3-5-13(19)10-14)22-15-7-4-8-16(11-15)24-2/h3-11,20H,1-2H3,(H,21,22). The molecule has 2 N–H and O–H groups in total. The van der Waals surface area contributed by atoms with Gasteiger partial charge in [-0.25, -0.2) is 13.3 Å². The molecule has 3 aromatic rings. The molecule has 7 heteroatoms. The molecule has 0 unspecified atom stereocenters. The van der Waals surface area contributed by atoms with Crippen LogP contribution < -0.4 is 15.5 Å². The SMILES string of the molecule is COc1cccc(N=C(Nc2cccc(F)c2)n2sc(C)cc2=N)c1. The summed E-state index contributed by atoms with van der Waals surface area (Å²) in [5.74, 6) is 0.760. The Bertz CT molecular complexity index is 977. The van der Waals surface area contributed by atoms with E-state index in [0.29, 0.717) is 28.6 Å². The first-order valence-corrected chi connectivity index (χ1v) is 8.33. The van der Waals surface area contributed by atoms with Crippen molar-refractivity contribution in [3.8, 4) is 5.75 Å². The topological polar surface area (TPSA) is 62.4 Å². The Morgan fingerprint density at radius 2 is 2.00 bits per heavy atom. The smallest absolute Gasteiger partial charge is 0.223 e. The fourth-order valence-corrected chi connectivity index (χ4v) is 3.03.